The van der Waals surface area contributed by atoms with Gasteiger partial charge in [0.15, 0.2) is 0 Å². The van der Waals surface area contributed by atoms with Crippen LogP contribution in [0.3, 0.4) is 0 Å². The summed E-state index contributed by atoms with van der Waals surface area (Å²) in [6.07, 6.45) is -18.3. The van der Waals surface area contributed by atoms with E-state index in [9.17, 15) is 0 Å². The Hall–Kier alpha value is -2.30. The molecule has 0 saturated carbocycles. The van der Waals surface area contributed by atoms with Crippen LogP contribution in [-0.4, -0.2) is 311 Å². The van der Waals surface area contributed by atoms with E-state index in [1.165, 1.54) is 0 Å². The summed E-state index contributed by atoms with van der Waals surface area (Å²) in [5.41, 5.74) is 0. The first-order chi connectivity index (χ1) is 17.3. The van der Waals surface area contributed by atoms with Crippen molar-refractivity contribution in [3.8, 4) is 0 Å². The first-order valence-electron chi connectivity index (χ1n) is 6.51. The predicted octanol–water partition coefficient (Wildman–Crippen LogP) is -1.02. The Morgan fingerprint density at radius 2 is 0.156 bits per heavy atom. The fourth-order valence-corrected chi connectivity index (χ4v) is 0. The van der Waals surface area contributed by atoms with Crippen molar-refractivity contribution in [2.45, 2.75) is 0 Å². The Morgan fingerprint density at radius 1 is 0.156 bits per heavy atom. The van der Waals surface area contributed by atoms with Crippen LogP contribution in [0.2, 0.25) is 0 Å². The standard InChI is InChI=1S/10CH2O3.5Na.5H/c10*2-1(3)4;;;;;;;;;;/h10*(H2,2,3,4);;;;;;;;;;. The zero-order chi connectivity index (χ0) is 35.8. The third-order valence-corrected chi connectivity index (χ3v) is 0. The van der Waals surface area contributed by atoms with Crippen molar-refractivity contribution in [1.82, 2.24) is 0 Å². The number of hydrogen-bond donors (Lipinski definition) is 20. The molecule has 0 unspecified atom stereocenters. The third-order valence-electron chi connectivity index (χ3n) is 0. The molecular formula is C10H25Na5O30. The van der Waals surface area contributed by atoms with Crippen LogP contribution in [0.4, 0.5) is 47.9 Å². The zero-order valence-electron chi connectivity index (χ0n) is 18.0. The molecule has 0 aliphatic heterocycles. The quantitative estimate of drug-likeness (QED) is 0.132. The van der Waals surface area contributed by atoms with Gasteiger partial charge >= 0.3 is 209 Å². The van der Waals surface area contributed by atoms with E-state index in [2.05, 4.69) is 0 Å². The van der Waals surface area contributed by atoms with E-state index in [1.54, 1.807) is 0 Å². The third kappa shape index (κ3) is 12400. The fraction of sp³-hybridized carbons (Fsp3) is 0. The van der Waals surface area contributed by atoms with E-state index in [-0.39, 0.29) is 148 Å². The minimum atomic E-state index is -1.83. The maximum absolute atomic E-state index is 8.56. The molecule has 0 bridgehead atoms. The Kier molecular flexibility index (Phi) is 194. The van der Waals surface area contributed by atoms with Crippen molar-refractivity contribution in [2.75, 3.05) is 0 Å². The summed E-state index contributed by atoms with van der Waals surface area (Å²) in [4.78, 5) is 85.6. The number of carboxylic acid groups (broad SMARTS) is 20. The van der Waals surface area contributed by atoms with Crippen molar-refractivity contribution in [2.24, 2.45) is 0 Å². The van der Waals surface area contributed by atoms with Crippen molar-refractivity contribution >= 4 is 209 Å². The molecule has 0 saturated heterocycles. The molecule has 0 rings (SSSR count). The molecule has 0 heterocycles. The van der Waals surface area contributed by atoms with Gasteiger partial charge in [-0.05, 0) is 0 Å². The summed E-state index contributed by atoms with van der Waals surface area (Å²) in [6.45, 7) is 0. The molecule has 0 amide bonds. The van der Waals surface area contributed by atoms with Gasteiger partial charge in [0.25, 0.3) is 0 Å². The summed E-state index contributed by atoms with van der Waals surface area (Å²) in [7, 11) is 0. The molecule has 0 spiro atoms. The van der Waals surface area contributed by atoms with Crippen molar-refractivity contribution in [3.05, 3.63) is 0 Å². The summed E-state index contributed by atoms with van der Waals surface area (Å²) in [5.74, 6) is 0. The van der Waals surface area contributed by atoms with Gasteiger partial charge in [-0.1, -0.05) is 0 Å². The van der Waals surface area contributed by atoms with Crippen LogP contribution in [0.25, 0.3) is 0 Å². The first-order valence-corrected chi connectivity index (χ1v) is 6.51. The van der Waals surface area contributed by atoms with E-state index in [0.717, 1.165) is 0 Å². The molecule has 0 aromatic heterocycles. The van der Waals surface area contributed by atoms with Crippen molar-refractivity contribution in [1.29, 1.82) is 0 Å². The molecule has 0 aromatic rings. The second kappa shape index (κ2) is 90.0. The Balaban J connectivity index is -0.0000000169. The van der Waals surface area contributed by atoms with Gasteiger partial charge in [0, 0.05) is 0 Å². The van der Waals surface area contributed by atoms with Gasteiger partial charge in [0.2, 0.25) is 0 Å². The monoisotopic (exact) mass is 740 g/mol. The molecule has 0 aromatic carbocycles. The topological polar surface area (TPSA) is 575 Å². The van der Waals surface area contributed by atoms with Gasteiger partial charge in [-0.3, -0.25) is 0 Å². The second-order valence-electron chi connectivity index (χ2n) is 2.83. The van der Waals surface area contributed by atoms with Gasteiger partial charge in [-0.2, -0.15) is 0 Å². The molecule has 20 N–H and O–H groups in total. The summed E-state index contributed by atoms with van der Waals surface area (Å²) < 4.78 is 0. The molecule has 45 heavy (non-hydrogen) atoms. The molecule has 0 fully saturated rings. The van der Waals surface area contributed by atoms with E-state index in [4.69, 9.17) is 150 Å². The number of rotatable bonds is 0. The molecule has 0 atom stereocenters. The maximum atomic E-state index is 8.56. The second-order valence-corrected chi connectivity index (χ2v) is 2.83. The molecule has 0 aliphatic rings. The van der Waals surface area contributed by atoms with Crippen LogP contribution in [0.15, 0.2) is 0 Å². The summed E-state index contributed by atoms with van der Waals surface area (Å²) in [6, 6.07) is 0. The van der Waals surface area contributed by atoms with Crippen LogP contribution < -0.4 is 0 Å². The average molecular weight is 740 g/mol. The van der Waals surface area contributed by atoms with Crippen molar-refractivity contribution < 1.29 is 150 Å². The Bertz CT molecular complexity index is 485. The van der Waals surface area contributed by atoms with Gasteiger partial charge in [0.05, 0.1) is 0 Å². The molecule has 0 radical (unpaired) electrons. The van der Waals surface area contributed by atoms with Crippen LogP contribution in [0.1, 0.15) is 0 Å². The van der Waals surface area contributed by atoms with E-state index >= 15 is 0 Å². The van der Waals surface area contributed by atoms with Gasteiger partial charge < -0.3 is 102 Å². The molecule has 250 valence electrons. The van der Waals surface area contributed by atoms with Crippen LogP contribution >= 0.6 is 0 Å². The van der Waals surface area contributed by atoms with E-state index in [0.29, 0.717) is 0 Å². The van der Waals surface area contributed by atoms with Crippen LogP contribution in [-0.2, 0) is 0 Å². The molecule has 0 aliphatic carbocycles. The van der Waals surface area contributed by atoms with Crippen LogP contribution in [0, 0.1) is 0 Å². The Labute approximate surface area is 355 Å². The fourth-order valence-electron chi connectivity index (χ4n) is 0. The molecule has 30 nitrogen and oxygen atoms in total. The minimum absolute atomic E-state index is 0. The van der Waals surface area contributed by atoms with E-state index < -0.39 is 61.6 Å². The summed E-state index contributed by atoms with van der Waals surface area (Å²) >= 11 is 0. The van der Waals surface area contributed by atoms with E-state index in [1.807, 2.05) is 0 Å². The zero-order valence-corrected chi connectivity index (χ0v) is 18.0. The normalized spacial score (nSPS) is 5.33. The van der Waals surface area contributed by atoms with Gasteiger partial charge in [-0.15, -0.1) is 0 Å². The van der Waals surface area contributed by atoms with Gasteiger partial charge in [0.1, 0.15) is 0 Å². The predicted molar refractivity (Wildman–Crippen MR) is 142 cm³/mol. The molecular weight excluding hydrogens is 715 g/mol. The number of carbonyl (C=O) groups is 10. The number of hydrogen-bond acceptors (Lipinski definition) is 10. The first kappa shape index (κ1) is 96.8. The molecule has 35 heteroatoms. The Morgan fingerprint density at radius 3 is 0.156 bits per heavy atom. The van der Waals surface area contributed by atoms with Gasteiger partial charge in [-0.25, -0.2) is 47.9 Å². The summed E-state index contributed by atoms with van der Waals surface area (Å²) in [5, 5.41) is 139. The van der Waals surface area contributed by atoms with Crippen LogP contribution in [0.5, 0.6) is 0 Å². The SMILES string of the molecule is O=C(O)O.O=C(O)O.O=C(O)O.O=C(O)O.O=C(O)O.O=C(O)O.O=C(O)O.O=C(O)O.O=C(O)O.O=C(O)O.[NaH].[NaH].[NaH].[NaH].[NaH]. The van der Waals surface area contributed by atoms with Crippen molar-refractivity contribution in [3.63, 3.8) is 0 Å². The average Bonchev–Trinajstić information content (AvgIpc) is 2.47.